The van der Waals surface area contributed by atoms with Crippen LogP contribution in [0.2, 0.25) is 0 Å². The number of nitrogens with zero attached hydrogens (tertiary/aromatic N) is 3. The van der Waals surface area contributed by atoms with Gasteiger partial charge in [0.15, 0.2) is 0 Å². The van der Waals surface area contributed by atoms with Crippen LogP contribution in [-0.2, 0) is 41.0 Å². The predicted molar refractivity (Wildman–Crippen MR) is 156 cm³/mol. The van der Waals surface area contributed by atoms with E-state index in [9.17, 15) is 26.4 Å². The highest BCUT2D eigenvalue weighted by atomic mass is 32.2. The Morgan fingerprint density at radius 2 is 1.81 bits per heavy atom. The van der Waals surface area contributed by atoms with Gasteiger partial charge in [-0.1, -0.05) is 42.5 Å². The van der Waals surface area contributed by atoms with Crippen LogP contribution in [0.5, 0.6) is 0 Å². The Morgan fingerprint density at radius 1 is 1.07 bits per heavy atom. The van der Waals surface area contributed by atoms with E-state index < -0.39 is 27.8 Å². The summed E-state index contributed by atoms with van der Waals surface area (Å²) in [5, 5.41) is 0. The molecule has 0 radical (unpaired) electrons. The molecule has 1 heterocycles. The molecule has 2 aliphatic carbocycles. The third-order valence-electron chi connectivity index (χ3n) is 7.99. The zero-order valence-electron chi connectivity index (χ0n) is 23.3. The van der Waals surface area contributed by atoms with Crippen LogP contribution < -0.4 is 9.62 Å². The quantitative estimate of drug-likeness (QED) is 0.265. The number of imidazole rings is 1. The number of halogens is 3. The number of carbonyl (C=O) groups is 1. The molecule has 1 N–H and O–H groups in total. The lowest BCUT2D eigenvalue weighted by atomic mass is 9.87. The average molecular weight is 607 g/mol. The number of aromatic nitrogens is 2. The van der Waals surface area contributed by atoms with E-state index in [-0.39, 0.29) is 23.3 Å². The van der Waals surface area contributed by atoms with Gasteiger partial charge in [-0.2, -0.15) is 13.2 Å². The second-order valence-electron chi connectivity index (χ2n) is 10.8. The fraction of sp³-hybridized carbons (Fsp3) is 0.250. The summed E-state index contributed by atoms with van der Waals surface area (Å²) >= 11 is 0. The van der Waals surface area contributed by atoms with E-state index in [4.69, 9.17) is 0 Å². The lowest BCUT2D eigenvalue weighted by Gasteiger charge is -2.29. The monoisotopic (exact) mass is 606 g/mol. The van der Waals surface area contributed by atoms with Crippen LogP contribution in [0.3, 0.4) is 0 Å². The number of fused-ring (bicyclic) bond motifs is 1. The molecule has 1 amide bonds. The fourth-order valence-corrected chi connectivity index (χ4v) is 6.80. The molecule has 43 heavy (non-hydrogen) atoms. The number of allylic oxidation sites excluding steroid dienone is 1. The van der Waals surface area contributed by atoms with Crippen molar-refractivity contribution in [3.63, 3.8) is 0 Å². The number of nitrogens with one attached hydrogen (secondary N) is 1. The van der Waals surface area contributed by atoms with Crippen LogP contribution in [0, 0.1) is 0 Å². The van der Waals surface area contributed by atoms with Crippen LogP contribution in [0.4, 0.5) is 18.9 Å². The molecule has 0 aliphatic heterocycles. The minimum absolute atomic E-state index is 0.0708. The van der Waals surface area contributed by atoms with Gasteiger partial charge in [0.1, 0.15) is 5.82 Å². The van der Waals surface area contributed by atoms with Crippen molar-refractivity contribution >= 4 is 21.6 Å². The van der Waals surface area contributed by atoms with Crippen molar-refractivity contribution in [3.8, 4) is 0 Å². The maximum atomic E-state index is 13.9. The van der Waals surface area contributed by atoms with Crippen molar-refractivity contribution in [3.05, 3.63) is 125 Å². The largest absolute Gasteiger partial charge is 0.416 e. The highest BCUT2D eigenvalue weighted by Crippen LogP contribution is 2.42. The molecule has 222 valence electrons. The minimum Gasteiger partial charge on any atom is -0.337 e. The predicted octanol–water partition coefficient (Wildman–Crippen LogP) is 6.05. The number of hydrogen-bond donors (Lipinski definition) is 1. The Kier molecular flexibility index (Phi) is 7.47. The zero-order chi connectivity index (χ0) is 30.4. The first-order valence-corrected chi connectivity index (χ1v) is 15.4. The summed E-state index contributed by atoms with van der Waals surface area (Å²) in [6.07, 6.45) is 2.81. The van der Waals surface area contributed by atoms with Crippen molar-refractivity contribution in [2.75, 3.05) is 4.90 Å². The molecule has 3 aromatic carbocycles. The van der Waals surface area contributed by atoms with Gasteiger partial charge in [-0.05, 0) is 72.4 Å². The number of hydrogen-bond acceptors (Lipinski definition) is 4. The first-order chi connectivity index (χ1) is 20.5. The van der Waals surface area contributed by atoms with Crippen LogP contribution in [0.1, 0.15) is 52.9 Å². The molecular formula is C32H29F3N4O3S. The molecule has 11 heteroatoms. The molecule has 4 aromatic rings. The van der Waals surface area contributed by atoms with Gasteiger partial charge in [0.2, 0.25) is 10.0 Å². The SMILES string of the molecule is Cn1ccnc1CN(C(=O)C1=C[C@H]1c1ccccc1)c1ccc2c(c1)[C@H](NS(=O)(=O)c1ccc(C(F)(F)F)cc1)CCC2. The summed E-state index contributed by atoms with van der Waals surface area (Å²) in [7, 11) is -2.27. The summed E-state index contributed by atoms with van der Waals surface area (Å²) < 4.78 is 70.1. The highest BCUT2D eigenvalue weighted by Gasteiger charge is 2.37. The van der Waals surface area contributed by atoms with Crippen molar-refractivity contribution < 1.29 is 26.4 Å². The highest BCUT2D eigenvalue weighted by molar-refractivity contribution is 7.89. The molecule has 0 spiro atoms. The number of sulfonamides is 1. The number of carbonyl (C=O) groups excluding carboxylic acids is 1. The summed E-state index contributed by atoms with van der Waals surface area (Å²) in [5.74, 6) is 0.455. The van der Waals surface area contributed by atoms with Gasteiger partial charge in [0, 0.05) is 42.7 Å². The number of anilines is 1. The van der Waals surface area contributed by atoms with Crippen molar-refractivity contribution in [1.29, 1.82) is 0 Å². The molecule has 6 rings (SSSR count). The Hall–Kier alpha value is -4.22. The van der Waals surface area contributed by atoms with Crippen molar-refractivity contribution in [2.45, 2.75) is 48.8 Å². The lowest BCUT2D eigenvalue weighted by Crippen LogP contribution is -2.33. The van der Waals surface area contributed by atoms with E-state index in [1.807, 2.05) is 66.2 Å². The molecule has 0 saturated heterocycles. The average Bonchev–Trinajstić information content (AvgIpc) is 3.70. The van der Waals surface area contributed by atoms with E-state index >= 15 is 0 Å². The minimum atomic E-state index is -4.57. The van der Waals surface area contributed by atoms with Gasteiger partial charge in [-0.3, -0.25) is 4.79 Å². The fourth-order valence-electron chi connectivity index (χ4n) is 5.55. The van der Waals surface area contributed by atoms with E-state index in [2.05, 4.69) is 9.71 Å². The summed E-state index contributed by atoms with van der Waals surface area (Å²) in [6, 6.07) is 18.2. The molecule has 2 atom stereocenters. The lowest BCUT2D eigenvalue weighted by molar-refractivity contribution is -0.137. The number of benzene rings is 3. The van der Waals surface area contributed by atoms with Gasteiger partial charge < -0.3 is 9.47 Å². The maximum absolute atomic E-state index is 13.9. The summed E-state index contributed by atoms with van der Waals surface area (Å²) in [4.78, 5) is 19.7. The van der Waals surface area contributed by atoms with Gasteiger partial charge in [0.05, 0.1) is 17.0 Å². The molecule has 0 fully saturated rings. The van der Waals surface area contributed by atoms with Gasteiger partial charge >= 0.3 is 6.18 Å². The number of alkyl halides is 3. The van der Waals surface area contributed by atoms with Gasteiger partial charge in [-0.15, -0.1) is 0 Å². The first-order valence-electron chi connectivity index (χ1n) is 13.9. The Balaban J connectivity index is 1.30. The molecule has 2 aliphatic rings. The second-order valence-corrected chi connectivity index (χ2v) is 12.5. The number of amides is 1. The van der Waals surface area contributed by atoms with E-state index in [1.165, 1.54) is 0 Å². The van der Waals surface area contributed by atoms with E-state index in [0.29, 0.717) is 23.5 Å². The second kappa shape index (κ2) is 11.1. The molecule has 0 bridgehead atoms. The Bertz CT molecular complexity index is 1800. The standard InChI is InChI=1S/C32H29F3N4O3S/c1-38-17-16-36-30(38)20-39(31(40)28-19-26(28)21-6-3-2-4-7-21)24-13-10-22-8-5-9-29(27(22)18-24)37-43(41,42)25-14-11-23(12-15-25)32(33,34)35/h2-4,6-7,10-19,26,29,37H,5,8-9,20H2,1H3/t26-,29+/m0/s1. The summed E-state index contributed by atoms with van der Waals surface area (Å²) in [5.41, 5.74) is 3.08. The Morgan fingerprint density at radius 3 is 2.49 bits per heavy atom. The van der Waals surface area contributed by atoms with Crippen LogP contribution in [0.25, 0.3) is 0 Å². The molecular weight excluding hydrogens is 577 g/mol. The van der Waals surface area contributed by atoms with Gasteiger partial charge in [-0.25, -0.2) is 18.1 Å². The van der Waals surface area contributed by atoms with Crippen LogP contribution in [0.15, 0.2) is 102 Å². The van der Waals surface area contributed by atoms with Crippen molar-refractivity contribution in [1.82, 2.24) is 14.3 Å². The summed E-state index contributed by atoms with van der Waals surface area (Å²) in [6.45, 7) is 0.210. The molecule has 7 nitrogen and oxygen atoms in total. The Labute approximate surface area is 247 Å². The van der Waals surface area contributed by atoms with E-state index in [0.717, 1.165) is 53.8 Å². The maximum Gasteiger partial charge on any atom is 0.416 e. The molecule has 0 unspecified atom stereocenters. The van der Waals surface area contributed by atoms with Gasteiger partial charge in [0.25, 0.3) is 5.91 Å². The number of rotatable bonds is 8. The normalized spacial score (nSPS) is 18.1. The number of aryl methyl sites for hydroxylation is 2. The van der Waals surface area contributed by atoms with Crippen LogP contribution in [-0.4, -0.2) is 23.9 Å². The smallest absolute Gasteiger partial charge is 0.337 e. The topological polar surface area (TPSA) is 84.3 Å². The molecule has 0 saturated carbocycles. The van der Waals surface area contributed by atoms with E-state index in [1.54, 1.807) is 17.3 Å². The van der Waals surface area contributed by atoms with Crippen molar-refractivity contribution in [2.24, 2.45) is 7.05 Å². The third-order valence-corrected chi connectivity index (χ3v) is 9.48. The zero-order valence-corrected chi connectivity index (χ0v) is 24.1. The molecule has 1 aromatic heterocycles. The van der Waals surface area contributed by atoms with Crippen LogP contribution >= 0.6 is 0 Å². The third kappa shape index (κ3) is 6.00. The first kappa shape index (κ1) is 28.9.